The van der Waals surface area contributed by atoms with Gasteiger partial charge in [0.05, 0.1) is 11.9 Å². The van der Waals surface area contributed by atoms with E-state index in [4.69, 9.17) is 11.6 Å². The molecule has 5 heteroatoms. The molecule has 0 N–H and O–H groups in total. The molecule has 24 heavy (non-hydrogen) atoms. The monoisotopic (exact) mass is 334 g/mol. The highest BCUT2D eigenvalue weighted by molar-refractivity contribution is 6.31. The maximum atomic E-state index is 6.26. The van der Waals surface area contributed by atoms with Gasteiger partial charge in [0.25, 0.3) is 0 Å². The molecule has 0 fully saturated rings. The molecule has 0 atom stereocenters. The minimum Gasteiger partial charge on any atom is -0.264 e. The van der Waals surface area contributed by atoms with E-state index in [0.29, 0.717) is 0 Å². The molecule has 0 saturated heterocycles. The molecule has 118 valence electrons. The van der Waals surface area contributed by atoms with Gasteiger partial charge < -0.3 is 0 Å². The number of halogens is 1. The highest BCUT2D eigenvalue weighted by atomic mass is 35.5. The Kier molecular flexibility index (Phi) is 3.54. The Bertz CT molecular complexity index is 1050. The zero-order chi connectivity index (χ0) is 16.7. The molecule has 0 aliphatic carbocycles. The molecule has 0 spiro atoms. The number of aryl methyl sites for hydroxylation is 1. The predicted octanol–water partition coefficient (Wildman–Crippen LogP) is 4.75. The second-order valence-electron chi connectivity index (χ2n) is 5.73. The number of nitrogens with zero attached hydrogens (tertiary/aromatic N) is 4. The van der Waals surface area contributed by atoms with Gasteiger partial charge in [0.15, 0.2) is 5.65 Å². The van der Waals surface area contributed by atoms with Gasteiger partial charge in [-0.05, 0) is 54.8 Å². The first-order valence-electron chi connectivity index (χ1n) is 7.66. The van der Waals surface area contributed by atoms with Crippen LogP contribution in [0.4, 0.5) is 0 Å². The number of rotatable bonds is 2. The summed E-state index contributed by atoms with van der Waals surface area (Å²) < 4.78 is 1.84. The molecule has 0 amide bonds. The number of hydrogen-bond donors (Lipinski definition) is 0. The highest BCUT2D eigenvalue weighted by Crippen LogP contribution is 2.31. The van der Waals surface area contributed by atoms with E-state index in [1.807, 2.05) is 60.5 Å². The Morgan fingerprint density at radius 3 is 2.67 bits per heavy atom. The van der Waals surface area contributed by atoms with Crippen molar-refractivity contribution in [3.05, 3.63) is 71.3 Å². The summed E-state index contributed by atoms with van der Waals surface area (Å²) >= 11 is 6.26. The third-order valence-corrected chi connectivity index (χ3v) is 4.68. The van der Waals surface area contributed by atoms with Crippen LogP contribution >= 0.6 is 11.6 Å². The second-order valence-corrected chi connectivity index (χ2v) is 6.13. The molecule has 3 aromatic heterocycles. The Balaban J connectivity index is 1.98. The van der Waals surface area contributed by atoms with Gasteiger partial charge >= 0.3 is 0 Å². The average Bonchev–Trinajstić information content (AvgIpc) is 3.02. The first-order valence-corrected chi connectivity index (χ1v) is 8.04. The Morgan fingerprint density at radius 2 is 1.83 bits per heavy atom. The van der Waals surface area contributed by atoms with Crippen LogP contribution in [0.25, 0.3) is 27.8 Å². The van der Waals surface area contributed by atoms with Crippen LogP contribution in [0.15, 0.2) is 55.1 Å². The van der Waals surface area contributed by atoms with Gasteiger partial charge in [-0.25, -0.2) is 9.67 Å². The van der Waals surface area contributed by atoms with E-state index in [9.17, 15) is 0 Å². The molecular formula is C19H15ClN4. The van der Waals surface area contributed by atoms with Crippen LogP contribution < -0.4 is 0 Å². The molecular weight excluding hydrogens is 320 g/mol. The van der Waals surface area contributed by atoms with E-state index in [1.165, 1.54) is 5.56 Å². The fourth-order valence-electron chi connectivity index (χ4n) is 2.91. The number of fused-ring (bicyclic) bond motifs is 1. The van der Waals surface area contributed by atoms with Crippen molar-refractivity contribution in [3.63, 3.8) is 0 Å². The molecule has 4 aromatic rings. The van der Waals surface area contributed by atoms with Crippen LogP contribution in [-0.4, -0.2) is 19.7 Å². The molecule has 0 saturated carbocycles. The van der Waals surface area contributed by atoms with Crippen molar-refractivity contribution in [1.82, 2.24) is 19.7 Å². The molecule has 0 radical (unpaired) electrons. The normalized spacial score (nSPS) is 11.1. The van der Waals surface area contributed by atoms with Gasteiger partial charge in [0, 0.05) is 34.6 Å². The highest BCUT2D eigenvalue weighted by Gasteiger charge is 2.14. The SMILES string of the molecule is Cc1ccncc1-c1ccnc2c1cnn2-c1cccc(Cl)c1C. The van der Waals surface area contributed by atoms with Crippen molar-refractivity contribution in [3.8, 4) is 16.8 Å². The van der Waals surface area contributed by atoms with Crippen LogP contribution in [0.3, 0.4) is 0 Å². The van der Waals surface area contributed by atoms with E-state index in [2.05, 4.69) is 22.0 Å². The van der Waals surface area contributed by atoms with Gasteiger partial charge in [-0.15, -0.1) is 0 Å². The van der Waals surface area contributed by atoms with Crippen LogP contribution in [0, 0.1) is 13.8 Å². The zero-order valence-electron chi connectivity index (χ0n) is 13.4. The van der Waals surface area contributed by atoms with E-state index in [-0.39, 0.29) is 0 Å². The minimum absolute atomic E-state index is 0.718. The van der Waals surface area contributed by atoms with Gasteiger partial charge in [0.2, 0.25) is 0 Å². The molecule has 1 aromatic carbocycles. The van der Waals surface area contributed by atoms with Gasteiger partial charge in [0.1, 0.15) is 0 Å². The average molecular weight is 335 g/mol. The topological polar surface area (TPSA) is 43.6 Å². The fraction of sp³-hybridized carbons (Fsp3) is 0.105. The quantitative estimate of drug-likeness (QED) is 0.531. The van der Waals surface area contributed by atoms with Crippen molar-refractivity contribution in [2.24, 2.45) is 0 Å². The third kappa shape index (κ3) is 2.27. The lowest BCUT2D eigenvalue weighted by molar-refractivity contribution is 0.889. The van der Waals surface area contributed by atoms with Crippen molar-refractivity contribution < 1.29 is 0 Å². The lowest BCUT2D eigenvalue weighted by Gasteiger charge is -2.09. The largest absolute Gasteiger partial charge is 0.264 e. The second kappa shape index (κ2) is 5.73. The first kappa shape index (κ1) is 14.8. The summed E-state index contributed by atoms with van der Waals surface area (Å²) in [5.74, 6) is 0. The molecule has 3 heterocycles. The first-order chi connectivity index (χ1) is 11.7. The molecule has 0 unspecified atom stereocenters. The summed E-state index contributed by atoms with van der Waals surface area (Å²) in [5, 5.41) is 6.27. The van der Waals surface area contributed by atoms with Crippen LogP contribution in [0.1, 0.15) is 11.1 Å². The van der Waals surface area contributed by atoms with Gasteiger partial charge in [-0.2, -0.15) is 5.10 Å². The summed E-state index contributed by atoms with van der Waals surface area (Å²) in [4.78, 5) is 8.80. The number of aromatic nitrogens is 4. The van der Waals surface area contributed by atoms with Crippen LogP contribution in [-0.2, 0) is 0 Å². The zero-order valence-corrected chi connectivity index (χ0v) is 14.1. The van der Waals surface area contributed by atoms with Crippen LogP contribution in [0.5, 0.6) is 0 Å². The minimum atomic E-state index is 0.718. The lowest BCUT2D eigenvalue weighted by atomic mass is 10.0. The fourth-order valence-corrected chi connectivity index (χ4v) is 3.08. The van der Waals surface area contributed by atoms with E-state index in [1.54, 1.807) is 6.20 Å². The number of pyridine rings is 2. The smallest absolute Gasteiger partial charge is 0.163 e. The molecule has 0 bridgehead atoms. The Morgan fingerprint density at radius 1 is 0.958 bits per heavy atom. The van der Waals surface area contributed by atoms with Crippen molar-refractivity contribution in [2.45, 2.75) is 13.8 Å². The summed E-state index contributed by atoms with van der Waals surface area (Å²) in [6.07, 6.45) is 7.34. The molecule has 4 nitrogen and oxygen atoms in total. The molecule has 0 aliphatic heterocycles. The lowest BCUT2D eigenvalue weighted by Crippen LogP contribution is -2.00. The number of hydrogen-bond acceptors (Lipinski definition) is 3. The summed E-state index contributed by atoms with van der Waals surface area (Å²) in [5.41, 5.74) is 6.06. The molecule has 0 aliphatic rings. The summed E-state index contributed by atoms with van der Waals surface area (Å²) in [7, 11) is 0. The standard InChI is InChI=1S/C19H15ClN4/c1-12-6-8-21-10-15(12)14-7-9-22-19-16(14)11-23-24(19)18-5-3-4-17(20)13(18)2/h3-11H,1-2H3. The van der Waals surface area contributed by atoms with E-state index in [0.717, 1.165) is 38.4 Å². The van der Waals surface area contributed by atoms with Gasteiger partial charge in [-0.3, -0.25) is 4.98 Å². The van der Waals surface area contributed by atoms with Crippen molar-refractivity contribution in [2.75, 3.05) is 0 Å². The maximum absolute atomic E-state index is 6.26. The van der Waals surface area contributed by atoms with Crippen molar-refractivity contribution >= 4 is 22.6 Å². The van der Waals surface area contributed by atoms with Crippen molar-refractivity contribution in [1.29, 1.82) is 0 Å². The van der Waals surface area contributed by atoms with Gasteiger partial charge in [-0.1, -0.05) is 17.7 Å². The maximum Gasteiger partial charge on any atom is 0.163 e. The number of benzene rings is 1. The van der Waals surface area contributed by atoms with E-state index < -0.39 is 0 Å². The Hall–Kier alpha value is -2.72. The summed E-state index contributed by atoms with van der Waals surface area (Å²) in [6.45, 7) is 4.06. The summed E-state index contributed by atoms with van der Waals surface area (Å²) in [6, 6.07) is 9.81. The Labute approximate surface area is 144 Å². The van der Waals surface area contributed by atoms with Crippen LogP contribution in [0.2, 0.25) is 5.02 Å². The van der Waals surface area contributed by atoms with E-state index >= 15 is 0 Å². The molecule has 4 rings (SSSR count). The third-order valence-electron chi connectivity index (χ3n) is 4.27. The predicted molar refractivity (Wildman–Crippen MR) is 96.6 cm³/mol.